The molecule has 1 rings (SSSR count). The van der Waals surface area contributed by atoms with Crippen LogP contribution in [-0.4, -0.2) is 27.5 Å². The Balaban J connectivity index is 2.95. The average Bonchev–Trinajstić information content (AvgIpc) is 2.37. The minimum Gasteiger partial charge on any atom is -0.394 e. The Hall–Kier alpha value is -1.51. The van der Waals surface area contributed by atoms with E-state index in [-0.39, 0.29) is 24.2 Å². The predicted octanol–water partition coefficient (Wildman–Crippen LogP) is 1.10. The summed E-state index contributed by atoms with van der Waals surface area (Å²) in [6, 6.07) is -0.178. The highest BCUT2D eigenvalue weighted by Gasteiger charge is 2.11. The second-order valence-electron chi connectivity index (χ2n) is 3.78. The van der Waals surface area contributed by atoms with Crippen molar-refractivity contribution in [3.05, 3.63) is 21.6 Å². The van der Waals surface area contributed by atoms with E-state index in [0.717, 1.165) is 17.5 Å². The minimum atomic E-state index is -0.442. The Morgan fingerprint density at radius 3 is 3.00 bits per heavy atom. The van der Waals surface area contributed by atoms with Crippen LogP contribution in [0.25, 0.3) is 0 Å². The van der Waals surface area contributed by atoms with E-state index in [1.807, 2.05) is 6.92 Å². The van der Waals surface area contributed by atoms with Gasteiger partial charge in [0.25, 0.3) is 5.56 Å². The summed E-state index contributed by atoms with van der Waals surface area (Å²) in [5, 5.41) is 15.7. The summed E-state index contributed by atoms with van der Waals surface area (Å²) in [7, 11) is 0. The first-order valence-corrected chi connectivity index (χ1v) is 6.11. The maximum Gasteiger partial charge on any atom is 0.287 e. The summed E-state index contributed by atoms with van der Waals surface area (Å²) in [5.41, 5.74) is -0.0183. The molecule has 1 unspecified atom stereocenters. The number of aromatic nitrogens is 2. The van der Waals surface area contributed by atoms with Crippen molar-refractivity contribution in [2.45, 2.75) is 32.4 Å². The van der Waals surface area contributed by atoms with Gasteiger partial charge >= 0.3 is 0 Å². The number of hydrogen-bond acceptors (Lipinski definition) is 4. The smallest absolute Gasteiger partial charge is 0.287 e. The topological polar surface area (TPSA) is 67.2 Å². The number of terminal acetylenes is 1. The van der Waals surface area contributed by atoms with Gasteiger partial charge in [-0.2, -0.15) is 5.10 Å². The maximum absolute atomic E-state index is 11.8. The number of aliphatic hydroxyl groups excluding tert-OH is 1. The molecule has 18 heavy (non-hydrogen) atoms. The second-order valence-corrected chi connectivity index (χ2v) is 4.15. The number of halogens is 1. The SMILES string of the molecule is C#CC(CCC)Nc1cnn(CCO)c(=O)c1Cl. The van der Waals surface area contributed by atoms with Gasteiger partial charge in [-0.1, -0.05) is 30.9 Å². The molecule has 0 aliphatic rings. The van der Waals surface area contributed by atoms with Gasteiger partial charge in [0.1, 0.15) is 5.02 Å². The molecule has 1 aromatic rings. The van der Waals surface area contributed by atoms with Gasteiger partial charge in [-0.3, -0.25) is 4.79 Å². The zero-order valence-corrected chi connectivity index (χ0v) is 10.9. The molecule has 98 valence electrons. The summed E-state index contributed by atoms with van der Waals surface area (Å²) in [6.07, 6.45) is 8.53. The van der Waals surface area contributed by atoms with E-state index < -0.39 is 5.56 Å². The quantitative estimate of drug-likeness (QED) is 0.759. The Morgan fingerprint density at radius 2 is 2.44 bits per heavy atom. The number of rotatable bonds is 6. The summed E-state index contributed by atoms with van der Waals surface area (Å²) >= 11 is 5.95. The normalized spacial score (nSPS) is 11.9. The van der Waals surface area contributed by atoms with Crippen molar-refractivity contribution in [1.29, 1.82) is 0 Å². The van der Waals surface area contributed by atoms with Gasteiger partial charge in [0.05, 0.1) is 31.1 Å². The highest BCUT2D eigenvalue weighted by atomic mass is 35.5. The van der Waals surface area contributed by atoms with Crippen molar-refractivity contribution in [3.8, 4) is 12.3 Å². The van der Waals surface area contributed by atoms with Crippen molar-refractivity contribution in [1.82, 2.24) is 9.78 Å². The highest BCUT2D eigenvalue weighted by Crippen LogP contribution is 2.17. The van der Waals surface area contributed by atoms with E-state index in [2.05, 4.69) is 16.3 Å². The van der Waals surface area contributed by atoms with E-state index in [0.29, 0.717) is 5.69 Å². The van der Waals surface area contributed by atoms with Crippen LogP contribution in [0.3, 0.4) is 0 Å². The van der Waals surface area contributed by atoms with Crippen LogP contribution in [0.5, 0.6) is 0 Å². The summed E-state index contributed by atoms with van der Waals surface area (Å²) < 4.78 is 1.11. The molecule has 1 atom stereocenters. The number of nitrogens with one attached hydrogen (secondary N) is 1. The van der Waals surface area contributed by atoms with Crippen molar-refractivity contribution in [2.24, 2.45) is 0 Å². The number of aliphatic hydroxyl groups is 1. The molecule has 0 saturated heterocycles. The summed E-state index contributed by atoms with van der Waals surface area (Å²) in [5.74, 6) is 2.59. The number of nitrogens with zero attached hydrogens (tertiary/aromatic N) is 2. The fourth-order valence-electron chi connectivity index (χ4n) is 1.49. The molecule has 0 fully saturated rings. The Kier molecular flexibility index (Phi) is 5.69. The van der Waals surface area contributed by atoms with Crippen molar-refractivity contribution in [2.75, 3.05) is 11.9 Å². The third kappa shape index (κ3) is 3.49. The van der Waals surface area contributed by atoms with Gasteiger partial charge in [-0.25, -0.2) is 4.68 Å². The third-order valence-corrected chi connectivity index (χ3v) is 2.77. The van der Waals surface area contributed by atoms with E-state index in [4.69, 9.17) is 23.1 Å². The molecule has 0 aliphatic carbocycles. The number of hydrogen-bond donors (Lipinski definition) is 2. The second kappa shape index (κ2) is 7.04. The lowest BCUT2D eigenvalue weighted by atomic mass is 10.2. The molecule has 0 spiro atoms. The molecule has 5 nitrogen and oxygen atoms in total. The first kappa shape index (κ1) is 14.6. The van der Waals surface area contributed by atoms with Crippen LogP contribution in [0.15, 0.2) is 11.0 Å². The number of anilines is 1. The van der Waals surface area contributed by atoms with Gasteiger partial charge in [-0.05, 0) is 6.42 Å². The molecule has 2 N–H and O–H groups in total. The van der Waals surface area contributed by atoms with Crippen LogP contribution in [0.1, 0.15) is 19.8 Å². The van der Waals surface area contributed by atoms with Gasteiger partial charge in [0.2, 0.25) is 0 Å². The van der Waals surface area contributed by atoms with Crippen LogP contribution in [0.2, 0.25) is 5.02 Å². The largest absolute Gasteiger partial charge is 0.394 e. The molecule has 6 heteroatoms. The first-order valence-electron chi connectivity index (χ1n) is 5.73. The van der Waals surface area contributed by atoms with E-state index >= 15 is 0 Å². The van der Waals surface area contributed by atoms with E-state index in [1.165, 1.54) is 6.20 Å². The Morgan fingerprint density at radius 1 is 1.72 bits per heavy atom. The van der Waals surface area contributed by atoms with Crippen molar-refractivity contribution in [3.63, 3.8) is 0 Å². The Bertz CT molecular complexity index is 493. The molecule has 0 radical (unpaired) electrons. The van der Waals surface area contributed by atoms with Gasteiger partial charge in [0, 0.05) is 0 Å². The van der Waals surface area contributed by atoms with Crippen molar-refractivity contribution >= 4 is 17.3 Å². The molecule has 1 heterocycles. The zero-order chi connectivity index (χ0) is 13.5. The third-order valence-electron chi connectivity index (χ3n) is 2.40. The molecular weight excluding hydrogens is 254 g/mol. The molecule has 1 aromatic heterocycles. The minimum absolute atomic E-state index is 0.0369. The predicted molar refractivity (Wildman–Crippen MR) is 71.7 cm³/mol. The first-order chi connectivity index (χ1) is 8.63. The van der Waals surface area contributed by atoms with Gasteiger partial charge < -0.3 is 10.4 Å². The van der Waals surface area contributed by atoms with Crippen LogP contribution in [0.4, 0.5) is 5.69 Å². The monoisotopic (exact) mass is 269 g/mol. The van der Waals surface area contributed by atoms with Gasteiger partial charge in [0.15, 0.2) is 0 Å². The van der Waals surface area contributed by atoms with Crippen molar-refractivity contribution < 1.29 is 5.11 Å². The van der Waals surface area contributed by atoms with E-state index in [9.17, 15) is 4.79 Å². The Labute approximate surface area is 111 Å². The van der Waals surface area contributed by atoms with Crippen LogP contribution >= 0.6 is 11.6 Å². The standard InChI is InChI=1S/C12H16ClN3O2/c1-3-5-9(4-2)15-10-8-14-16(6-7-17)12(18)11(10)13/h2,8-9,15,17H,3,5-7H2,1H3. The fraction of sp³-hybridized carbons (Fsp3) is 0.500. The van der Waals surface area contributed by atoms with Crippen LogP contribution in [-0.2, 0) is 6.54 Å². The lowest BCUT2D eigenvalue weighted by Gasteiger charge is -2.14. The maximum atomic E-state index is 11.8. The zero-order valence-electron chi connectivity index (χ0n) is 10.2. The van der Waals surface area contributed by atoms with Crippen LogP contribution in [0, 0.1) is 12.3 Å². The highest BCUT2D eigenvalue weighted by molar-refractivity contribution is 6.32. The van der Waals surface area contributed by atoms with E-state index in [1.54, 1.807) is 0 Å². The molecule has 0 aromatic carbocycles. The molecular formula is C12H16ClN3O2. The molecule has 0 saturated carbocycles. The average molecular weight is 270 g/mol. The van der Waals surface area contributed by atoms with Crippen LogP contribution < -0.4 is 10.9 Å². The molecule has 0 bridgehead atoms. The van der Waals surface area contributed by atoms with Gasteiger partial charge in [-0.15, -0.1) is 6.42 Å². The molecule has 0 amide bonds. The fourth-order valence-corrected chi connectivity index (χ4v) is 1.69. The molecule has 0 aliphatic heterocycles. The lowest BCUT2D eigenvalue weighted by molar-refractivity contribution is 0.266. The summed E-state index contributed by atoms with van der Waals surface area (Å²) in [4.78, 5) is 11.8. The lowest BCUT2D eigenvalue weighted by Crippen LogP contribution is -2.27. The summed E-state index contributed by atoms with van der Waals surface area (Å²) in [6.45, 7) is 1.97.